The van der Waals surface area contributed by atoms with Gasteiger partial charge in [-0.1, -0.05) is 24.3 Å². The van der Waals surface area contributed by atoms with Crippen LogP contribution in [-0.4, -0.2) is 37.7 Å². The number of hydrogen-bond acceptors (Lipinski definition) is 3. The van der Waals surface area contributed by atoms with Crippen molar-refractivity contribution in [2.75, 3.05) is 26.7 Å². The van der Waals surface area contributed by atoms with Crippen LogP contribution in [-0.2, 0) is 17.7 Å². The first kappa shape index (κ1) is 13.5. The molecule has 3 heteroatoms. The van der Waals surface area contributed by atoms with Crippen LogP contribution in [0.1, 0.15) is 24.0 Å². The second kappa shape index (κ2) is 6.88. The Morgan fingerprint density at radius 2 is 2.11 bits per heavy atom. The first-order chi connectivity index (χ1) is 8.79. The molecule has 1 atom stereocenters. The lowest BCUT2D eigenvalue weighted by molar-refractivity contribution is 0.0815. The van der Waals surface area contributed by atoms with E-state index in [1.165, 1.54) is 24.0 Å². The molecule has 1 aromatic rings. The Kier molecular flexibility index (Phi) is 5.17. The highest BCUT2D eigenvalue weighted by Crippen LogP contribution is 2.13. The minimum Gasteiger partial charge on any atom is -0.377 e. The molecule has 2 rings (SSSR count). The highest BCUT2D eigenvalue weighted by Gasteiger charge is 2.17. The summed E-state index contributed by atoms with van der Waals surface area (Å²) < 4.78 is 5.66. The predicted molar refractivity (Wildman–Crippen MR) is 74.5 cm³/mol. The molecule has 1 unspecified atom stereocenters. The van der Waals surface area contributed by atoms with Crippen molar-refractivity contribution in [2.45, 2.75) is 31.9 Å². The Bertz CT molecular complexity index is 361. The van der Waals surface area contributed by atoms with Gasteiger partial charge in [-0.25, -0.2) is 0 Å². The Balaban J connectivity index is 1.79. The fourth-order valence-electron chi connectivity index (χ4n) is 2.54. The van der Waals surface area contributed by atoms with Crippen LogP contribution in [0.2, 0.25) is 0 Å². The van der Waals surface area contributed by atoms with Gasteiger partial charge in [0.1, 0.15) is 0 Å². The van der Waals surface area contributed by atoms with Gasteiger partial charge in [0, 0.05) is 26.2 Å². The van der Waals surface area contributed by atoms with Crippen molar-refractivity contribution in [3.63, 3.8) is 0 Å². The van der Waals surface area contributed by atoms with Gasteiger partial charge in [0.2, 0.25) is 0 Å². The smallest absolute Gasteiger partial charge is 0.0702 e. The van der Waals surface area contributed by atoms with E-state index < -0.39 is 0 Å². The summed E-state index contributed by atoms with van der Waals surface area (Å²) in [6.45, 7) is 3.68. The van der Waals surface area contributed by atoms with Gasteiger partial charge >= 0.3 is 0 Å². The van der Waals surface area contributed by atoms with E-state index in [0.29, 0.717) is 12.6 Å². The van der Waals surface area contributed by atoms with Crippen molar-refractivity contribution in [3.05, 3.63) is 35.4 Å². The van der Waals surface area contributed by atoms with Gasteiger partial charge < -0.3 is 15.4 Å². The second-order valence-corrected chi connectivity index (χ2v) is 5.12. The molecule has 0 bridgehead atoms. The number of likely N-dealkylation sites (N-methyl/N-ethyl adjacent to an activating group) is 1. The van der Waals surface area contributed by atoms with Crippen LogP contribution in [0, 0.1) is 0 Å². The molecular formula is C15H24N2O. The Labute approximate surface area is 110 Å². The molecule has 0 radical (unpaired) electrons. The molecule has 0 aromatic heterocycles. The Morgan fingerprint density at radius 3 is 2.78 bits per heavy atom. The zero-order chi connectivity index (χ0) is 12.8. The first-order valence-electron chi connectivity index (χ1n) is 6.86. The van der Waals surface area contributed by atoms with Crippen molar-refractivity contribution in [1.82, 2.24) is 4.90 Å². The SMILES string of the molecule is CN(CCc1ccccc1CN)CC1CCCO1. The van der Waals surface area contributed by atoms with Crippen LogP contribution in [0.25, 0.3) is 0 Å². The highest BCUT2D eigenvalue weighted by atomic mass is 16.5. The molecule has 0 spiro atoms. The summed E-state index contributed by atoms with van der Waals surface area (Å²) in [5.41, 5.74) is 8.40. The predicted octanol–water partition coefficient (Wildman–Crippen LogP) is 1.80. The molecule has 1 fully saturated rings. The van der Waals surface area contributed by atoms with Crippen molar-refractivity contribution in [1.29, 1.82) is 0 Å². The van der Waals surface area contributed by atoms with E-state index in [1.54, 1.807) is 0 Å². The lowest BCUT2D eigenvalue weighted by Crippen LogP contribution is -2.30. The monoisotopic (exact) mass is 248 g/mol. The summed E-state index contributed by atoms with van der Waals surface area (Å²) in [5, 5.41) is 0. The van der Waals surface area contributed by atoms with E-state index >= 15 is 0 Å². The molecule has 1 aromatic carbocycles. The van der Waals surface area contributed by atoms with E-state index in [9.17, 15) is 0 Å². The summed E-state index contributed by atoms with van der Waals surface area (Å²) >= 11 is 0. The normalized spacial score (nSPS) is 19.6. The molecule has 3 nitrogen and oxygen atoms in total. The lowest BCUT2D eigenvalue weighted by Gasteiger charge is -2.21. The number of benzene rings is 1. The quantitative estimate of drug-likeness (QED) is 0.834. The zero-order valence-corrected chi connectivity index (χ0v) is 11.3. The third kappa shape index (κ3) is 3.80. The highest BCUT2D eigenvalue weighted by molar-refractivity contribution is 5.27. The maximum absolute atomic E-state index is 5.76. The first-order valence-corrected chi connectivity index (χ1v) is 6.86. The molecule has 1 aliphatic rings. The van der Waals surface area contributed by atoms with Gasteiger partial charge in [0.25, 0.3) is 0 Å². The lowest BCUT2D eigenvalue weighted by atomic mass is 10.0. The van der Waals surface area contributed by atoms with Crippen molar-refractivity contribution in [3.8, 4) is 0 Å². The van der Waals surface area contributed by atoms with E-state index in [1.807, 2.05) is 0 Å². The molecule has 0 saturated carbocycles. The number of nitrogens with zero attached hydrogens (tertiary/aromatic N) is 1. The standard InChI is InChI=1S/C15H24N2O/c1-17(12-15-7-4-10-18-15)9-8-13-5-2-3-6-14(13)11-16/h2-3,5-6,15H,4,7-12,16H2,1H3. The van der Waals surface area contributed by atoms with Gasteiger partial charge in [-0.2, -0.15) is 0 Å². The molecule has 1 aliphatic heterocycles. The van der Waals surface area contributed by atoms with Crippen LogP contribution in [0.5, 0.6) is 0 Å². The largest absolute Gasteiger partial charge is 0.377 e. The Hall–Kier alpha value is -0.900. The molecule has 1 heterocycles. The van der Waals surface area contributed by atoms with Crippen LogP contribution >= 0.6 is 0 Å². The van der Waals surface area contributed by atoms with E-state index in [2.05, 4.69) is 36.2 Å². The summed E-state index contributed by atoms with van der Waals surface area (Å²) in [7, 11) is 2.17. The molecule has 18 heavy (non-hydrogen) atoms. The molecule has 0 amide bonds. The fraction of sp³-hybridized carbons (Fsp3) is 0.600. The third-order valence-corrected chi connectivity index (χ3v) is 3.64. The third-order valence-electron chi connectivity index (χ3n) is 3.64. The van der Waals surface area contributed by atoms with Gasteiger partial charge in [-0.15, -0.1) is 0 Å². The second-order valence-electron chi connectivity index (χ2n) is 5.12. The van der Waals surface area contributed by atoms with Gasteiger partial charge in [0.15, 0.2) is 0 Å². The number of hydrogen-bond donors (Lipinski definition) is 1. The molecular weight excluding hydrogens is 224 g/mol. The molecule has 100 valence electrons. The van der Waals surface area contributed by atoms with Crippen LogP contribution in [0.4, 0.5) is 0 Å². The minimum absolute atomic E-state index is 0.444. The van der Waals surface area contributed by atoms with E-state index in [-0.39, 0.29) is 0 Å². The summed E-state index contributed by atoms with van der Waals surface area (Å²) in [4.78, 5) is 2.36. The average Bonchev–Trinajstić information content (AvgIpc) is 2.89. The molecule has 1 saturated heterocycles. The van der Waals surface area contributed by atoms with Gasteiger partial charge in [-0.05, 0) is 37.4 Å². The number of ether oxygens (including phenoxy) is 1. The van der Waals surface area contributed by atoms with E-state index in [4.69, 9.17) is 10.5 Å². The number of rotatable bonds is 6. The topological polar surface area (TPSA) is 38.5 Å². The number of nitrogens with two attached hydrogens (primary N) is 1. The molecule has 2 N–H and O–H groups in total. The van der Waals surface area contributed by atoms with Gasteiger partial charge in [0.05, 0.1) is 6.10 Å². The summed E-state index contributed by atoms with van der Waals surface area (Å²) in [6, 6.07) is 8.45. The fourth-order valence-corrected chi connectivity index (χ4v) is 2.54. The molecule has 0 aliphatic carbocycles. The van der Waals surface area contributed by atoms with Crippen molar-refractivity contribution >= 4 is 0 Å². The summed E-state index contributed by atoms with van der Waals surface area (Å²) in [6.07, 6.45) is 3.94. The van der Waals surface area contributed by atoms with Gasteiger partial charge in [-0.3, -0.25) is 0 Å². The maximum Gasteiger partial charge on any atom is 0.0702 e. The van der Waals surface area contributed by atoms with E-state index in [0.717, 1.165) is 26.1 Å². The van der Waals surface area contributed by atoms with Crippen molar-refractivity contribution in [2.24, 2.45) is 5.73 Å². The van der Waals surface area contributed by atoms with Crippen LogP contribution in [0.15, 0.2) is 24.3 Å². The Morgan fingerprint density at radius 1 is 1.33 bits per heavy atom. The van der Waals surface area contributed by atoms with Crippen LogP contribution < -0.4 is 5.73 Å². The van der Waals surface area contributed by atoms with Crippen LogP contribution in [0.3, 0.4) is 0 Å². The maximum atomic E-state index is 5.76. The minimum atomic E-state index is 0.444. The van der Waals surface area contributed by atoms with Crippen molar-refractivity contribution < 1.29 is 4.74 Å². The zero-order valence-electron chi connectivity index (χ0n) is 11.3. The summed E-state index contributed by atoms with van der Waals surface area (Å²) in [5.74, 6) is 0. The average molecular weight is 248 g/mol.